The summed E-state index contributed by atoms with van der Waals surface area (Å²) in [5.74, 6) is 0.873. The van der Waals surface area contributed by atoms with Crippen LogP contribution in [0.2, 0.25) is 0 Å². The van der Waals surface area contributed by atoms with Gasteiger partial charge >= 0.3 is 0 Å². The summed E-state index contributed by atoms with van der Waals surface area (Å²) in [6.07, 6.45) is 2.24. The number of anilines is 1. The van der Waals surface area contributed by atoms with Crippen LogP contribution in [0.25, 0.3) is 11.6 Å². The second-order valence-corrected chi connectivity index (χ2v) is 5.89. The van der Waals surface area contributed by atoms with Crippen molar-refractivity contribution < 1.29 is 4.74 Å². The van der Waals surface area contributed by atoms with Gasteiger partial charge in [-0.1, -0.05) is 54.6 Å². The third kappa shape index (κ3) is 2.67. The molecular weight excluding hydrogens is 294 g/mol. The Hall–Kier alpha value is -3.00. The van der Waals surface area contributed by atoms with Gasteiger partial charge in [-0.25, -0.2) is 0 Å². The van der Waals surface area contributed by atoms with Crippen LogP contribution in [0.3, 0.4) is 0 Å². The van der Waals surface area contributed by atoms with Gasteiger partial charge < -0.3 is 10.1 Å². The predicted molar refractivity (Wildman–Crippen MR) is 100 cm³/mol. The van der Waals surface area contributed by atoms with Crippen LogP contribution in [0.4, 0.5) is 5.69 Å². The summed E-state index contributed by atoms with van der Waals surface area (Å²) in [5.41, 5.74) is 7.35. The highest BCUT2D eigenvalue weighted by Gasteiger charge is 2.17. The molecule has 1 N–H and O–H groups in total. The highest BCUT2D eigenvalue weighted by atomic mass is 16.5. The van der Waals surface area contributed by atoms with Crippen LogP contribution in [0.1, 0.15) is 22.3 Å². The van der Waals surface area contributed by atoms with E-state index in [0.29, 0.717) is 0 Å². The lowest BCUT2D eigenvalue weighted by Crippen LogP contribution is -1.98. The quantitative estimate of drug-likeness (QED) is 0.701. The van der Waals surface area contributed by atoms with Crippen LogP contribution in [-0.2, 0) is 6.54 Å². The predicted octanol–water partition coefficient (Wildman–Crippen LogP) is 5.21. The number of benzene rings is 3. The highest BCUT2D eigenvalue weighted by Crippen LogP contribution is 2.36. The number of nitrogens with one attached hydrogen (secondary N) is 1. The minimum atomic E-state index is 0.836. The molecule has 0 radical (unpaired) electrons. The molecule has 24 heavy (non-hydrogen) atoms. The minimum Gasteiger partial charge on any atom is -0.497 e. The van der Waals surface area contributed by atoms with E-state index in [9.17, 15) is 0 Å². The number of methoxy groups -OCH3 is 1. The molecule has 2 heteroatoms. The van der Waals surface area contributed by atoms with Crippen molar-refractivity contribution in [3.05, 3.63) is 95.1 Å². The summed E-state index contributed by atoms with van der Waals surface area (Å²) in [5, 5.41) is 3.55. The van der Waals surface area contributed by atoms with E-state index in [4.69, 9.17) is 4.74 Å². The molecule has 0 aliphatic carbocycles. The third-order valence-corrected chi connectivity index (χ3v) is 4.40. The van der Waals surface area contributed by atoms with Gasteiger partial charge in [-0.15, -0.1) is 0 Å². The van der Waals surface area contributed by atoms with Gasteiger partial charge in [-0.2, -0.15) is 0 Å². The zero-order chi connectivity index (χ0) is 16.4. The standard InChI is InChI=1S/C22H19NO/c1-24-18-9-6-7-16(13-18)14-21-19-10-3-2-8-17(19)15-23-22-12-5-4-11-20(21)22/h2-14,23H,15H2,1H3/b21-14+. The fourth-order valence-corrected chi connectivity index (χ4v) is 3.20. The molecular formula is C22H19NO. The van der Waals surface area contributed by atoms with Crippen molar-refractivity contribution in [3.63, 3.8) is 0 Å². The summed E-state index contributed by atoms with van der Waals surface area (Å²) in [6.45, 7) is 0.836. The summed E-state index contributed by atoms with van der Waals surface area (Å²) < 4.78 is 5.37. The molecule has 0 atom stereocenters. The van der Waals surface area contributed by atoms with Gasteiger partial charge in [0.2, 0.25) is 0 Å². The average molecular weight is 313 g/mol. The number of hydrogen-bond donors (Lipinski definition) is 1. The second-order valence-electron chi connectivity index (χ2n) is 5.89. The van der Waals surface area contributed by atoms with E-state index in [1.165, 1.54) is 28.0 Å². The Bertz CT molecular complexity index is 862. The first-order valence-electron chi connectivity index (χ1n) is 8.12. The Kier molecular flexibility index (Phi) is 3.80. The minimum absolute atomic E-state index is 0.836. The van der Waals surface area contributed by atoms with Crippen LogP contribution in [0.15, 0.2) is 72.8 Å². The Labute approximate surface area is 142 Å². The summed E-state index contributed by atoms with van der Waals surface area (Å²) in [7, 11) is 1.70. The first-order valence-corrected chi connectivity index (χ1v) is 8.12. The van der Waals surface area contributed by atoms with Crippen molar-refractivity contribution in [2.24, 2.45) is 0 Å². The van der Waals surface area contributed by atoms with Crippen LogP contribution in [-0.4, -0.2) is 7.11 Å². The Balaban J connectivity index is 1.94. The van der Waals surface area contributed by atoms with E-state index in [1.54, 1.807) is 7.11 Å². The smallest absolute Gasteiger partial charge is 0.119 e. The Morgan fingerprint density at radius 2 is 1.67 bits per heavy atom. The molecule has 0 aromatic heterocycles. The normalized spacial score (nSPS) is 14.3. The van der Waals surface area contributed by atoms with Gasteiger partial charge in [0.05, 0.1) is 7.11 Å². The molecule has 0 saturated heterocycles. The maximum Gasteiger partial charge on any atom is 0.119 e. The fraction of sp³-hybridized carbons (Fsp3) is 0.0909. The number of hydrogen-bond acceptors (Lipinski definition) is 2. The lowest BCUT2D eigenvalue weighted by molar-refractivity contribution is 0.414. The van der Waals surface area contributed by atoms with E-state index in [-0.39, 0.29) is 0 Å². The van der Waals surface area contributed by atoms with Gasteiger partial charge in [0.1, 0.15) is 5.75 Å². The van der Waals surface area contributed by atoms with Gasteiger partial charge in [-0.3, -0.25) is 0 Å². The van der Waals surface area contributed by atoms with Crippen LogP contribution < -0.4 is 10.1 Å². The molecule has 0 amide bonds. The van der Waals surface area contributed by atoms with Gasteiger partial charge in [0.15, 0.2) is 0 Å². The van der Waals surface area contributed by atoms with Gasteiger partial charge in [0.25, 0.3) is 0 Å². The Morgan fingerprint density at radius 3 is 2.54 bits per heavy atom. The number of fused-ring (bicyclic) bond motifs is 2. The molecule has 1 heterocycles. The molecule has 0 bridgehead atoms. The third-order valence-electron chi connectivity index (χ3n) is 4.40. The first-order chi connectivity index (χ1) is 11.8. The summed E-state index contributed by atoms with van der Waals surface area (Å²) in [6, 6.07) is 25.2. The Morgan fingerprint density at radius 1 is 0.875 bits per heavy atom. The monoisotopic (exact) mass is 313 g/mol. The van der Waals surface area contributed by atoms with E-state index < -0.39 is 0 Å². The summed E-state index contributed by atoms with van der Waals surface area (Å²) >= 11 is 0. The maximum atomic E-state index is 5.37. The fourth-order valence-electron chi connectivity index (χ4n) is 3.20. The SMILES string of the molecule is COc1cccc(/C=C2\c3ccccc3CNc3ccccc32)c1. The van der Waals surface area contributed by atoms with Crippen molar-refractivity contribution in [2.45, 2.75) is 6.54 Å². The van der Waals surface area contributed by atoms with Crippen molar-refractivity contribution in [1.29, 1.82) is 0 Å². The van der Waals surface area contributed by atoms with E-state index in [0.717, 1.165) is 17.9 Å². The molecule has 1 aliphatic rings. The largest absolute Gasteiger partial charge is 0.497 e. The topological polar surface area (TPSA) is 21.3 Å². The first kappa shape index (κ1) is 14.6. The molecule has 4 rings (SSSR count). The summed E-state index contributed by atoms with van der Waals surface area (Å²) in [4.78, 5) is 0. The number of para-hydroxylation sites is 1. The maximum absolute atomic E-state index is 5.37. The van der Waals surface area contributed by atoms with Crippen molar-refractivity contribution in [3.8, 4) is 5.75 Å². The molecule has 0 spiro atoms. The zero-order valence-corrected chi connectivity index (χ0v) is 13.6. The second kappa shape index (κ2) is 6.25. The molecule has 0 fully saturated rings. The molecule has 1 aliphatic heterocycles. The molecule has 118 valence electrons. The van der Waals surface area contributed by atoms with Crippen LogP contribution in [0.5, 0.6) is 5.75 Å². The van der Waals surface area contributed by atoms with Gasteiger partial charge in [0, 0.05) is 17.8 Å². The highest BCUT2D eigenvalue weighted by molar-refractivity contribution is 5.97. The van der Waals surface area contributed by atoms with E-state index in [2.05, 4.69) is 72.1 Å². The van der Waals surface area contributed by atoms with E-state index >= 15 is 0 Å². The van der Waals surface area contributed by atoms with Crippen LogP contribution in [0, 0.1) is 0 Å². The van der Waals surface area contributed by atoms with Crippen LogP contribution >= 0.6 is 0 Å². The van der Waals surface area contributed by atoms with Crippen molar-refractivity contribution in [1.82, 2.24) is 0 Å². The zero-order valence-electron chi connectivity index (χ0n) is 13.6. The molecule has 0 saturated carbocycles. The molecule has 0 unspecified atom stereocenters. The molecule has 3 aromatic rings. The number of ether oxygens (including phenoxy) is 1. The number of rotatable bonds is 2. The lowest BCUT2D eigenvalue weighted by atomic mass is 9.92. The van der Waals surface area contributed by atoms with Gasteiger partial charge in [-0.05, 0) is 46.5 Å². The molecule has 3 aromatic carbocycles. The van der Waals surface area contributed by atoms with Crippen molar-refractivity contribution in [2.75, 3.05) is 12.4 Å². The van der Waals surface area contributed by atoms with E-state index in [1.807, 2.05) is 12.1 Å². The van der Waals surface area contributed by atoms with Crippen molar-refractivity contribution >= 4 is 17.3 Å². The average Bonchev–Trinajstić information content (AvgIpc) is 2.80. The lowest BCUT2D eigenvalue weighted by Gasteiger charge is -2.11. The molecule has 2 nitrogen and oxygen atoms in total.